The second-order valence-electron chi connectivity index (χ2n) is 57.7. The number of likely N-dealkylation sites (N-methyl/N-ethyl adjacent to an activating group) is 1. The number of rotatable bonds is 7. The highest BCUT2D eigenvalue weighted by Crippen LogP contribution is 2.52. The average molecular weight is 1790 g/mol. The lowest BCUT2D eigenvalue weighted by atomic mass is 9.72. The summed E-state index contributed by atoms with van der Waals surface area (Å²) >= 11 is 0. The Morgan fingerprint density at radius 3 is 1.24 bits per heavy atom. The van der Waals surface area contributed by atoms with Gasteiger partial charge in [-0.15, -0.1) is 0 Å². The Morgan fingerprint density at radius 1 is 0.359 bits per heavy atom. The summed E-state index contributed by atoms with van der Waals surface area (Å²) in [4.78, 5) is 23.5. The van der Waals surface area contributed by atoms with Gasteiger partial charge in [-0.05, 0) is 392 Å². The summed E-state index contributed by atoms with van der Waals surface area (Å²) in [6.45, 7) is 83.0. The van der Waals surface area contributed by atoms with Crippen LogP contribution in [0.4, 0.5) is 0 Å². The van der Waals surface area contributed by atoms with Crippen molar-refractivity contribution in [3.8, 4) is 0 Å². The Bertz CT molecular complexity index is 3190. The smallest absolute Gasteiger partial charge is 0.0710 e. The monoisotopic (exact) mass is 1790 g/mol. The van der Waals surface area contributed by atoms with Gasteiger partial charge in [0.15, 0.2) is 0 Å². The molecular formula is C115H219N9O4. The zero-order valence-corrected chi connectivity index (χ0v) is 91.6. The zero-order chi connectivity index (χ0) is 94.0. The van der Waals surface area contributed by atoms with Crippen molar-refractivity contribution in [2.75, 3.05) is 114 Å². The summed E-state index contributed by atoms with van der Waals surface area (Å²) in [5.74, 6) is 9.66. The molecule has 748 valence electrons. The third-order valence-corrected chi connectivity index (χ3v) is 37.1. The van der Waals surface area contributed by atoms with Crippen molar-refractivity contribution in [3.63, 3.8) is 0 Å². The van der Waals surface area contributed by atoms with Crippen LogP contribution in [0.2, 0.25) is 0 Å². The fourth-order valence-electron chi connectivity index (χ4n) is 29.7. The molecule has 19 saturated heterocycles. The van der Waals surface area contributed by atoms with Crippen LogP contribution in [0.3, 0.4) is 0 Å². The van der Waals surface area contributed by atoms with Crippen molar-refractivity contribution in [1.82, 2.24) is 44.1 Å². The Labute approximate surface area is 796 Å². The highest BCUT2D eigenvalue weighted by atomic mass is 16.5. The lowest BCUT2D eigenvalue weighted by Gasteiger charge is -2.51. The van der Waals surface area contributed by atoms with E-state index in [0.29, 0.717) is 85.5 Å². The Balaban J connectivity index is 0.000000138. The molecule has 21 fully saturated rings. The molecule has 13 nitrogen and oxygen atoms in total. The first-order chi connectivity index (χ1) is 59.4. The molecule has 0 aromatic heterocycles. The van der Waals surface area contributed by atoms with E-state index in [1.54, 1.807) is 0 Å². The topological polar surface area (TPSA) is 66.1 Å². The fourth-order valence-corrected chi connectivity index (χ4v) is 29.7. The zero-order valence-electron chi connectivity index (χ0n) is 91.6. The Morgan fingerprint density at radius 2 is 0.859 bits per heavy atom. The van der Waals surface area contributed by atoms with Gasteiger partial charge in [0, 0.05) is 130 Å². The molecule has 21 unspecified atom stereocenters. The molecule has 21 aliphatic rings. The van der Waals surface area contributed by atoms with Crippen LogP contribution in [0.25, 0.3) is 0 Å². The molecule has 19 aliphatic heterocycles. The molecule has 0 N–H and O–H groups in total. The Kier molecular flexibility index (Phi) is 37.5. The molecule has 0 radical (unpaired) electrons. The molecule has 0 aromatic carbocycles. The summed E-state index contributed by atoms with van der Waals surface area (Å²) in [6.07, 6.45) is 50.5. The third kappa shape index (κ3) is 31.0. The van der Waals surface area contributed by atoms with Crippen LogP contribution in [-0.2, 0) is 18.9 Å². The molecule has 19 heterocycles. The number of hydrogen-bond donors (Lipinski definition) is 0. The van der Waals surface area contributed by atoms with Gasteiger partial charge >= 0.3 is 0 Å². The first-order valence-corrected chi connectivity index (χ1v) is 55.5. The predicted octanol–water partition coefficient (Wildman–Crippen LogP) is 25.7. The van der Waals surface area contributed by atoms with Crippen LogP contribution in [0.5, 0.6) is 0 Å². The highest BCUT2D eigenvalue weighted by Gasteiger charge is 2.51. The predicted molar refractivity (Wildman–Crippen MR) is 547 cm³/mol. The lowest BCUT2D eigenvalue weighted by Crippen LogP contribution is -2.60. The van der Waals surface area contributed by atoms with Gasteiger partial charge in [-0.25, -0.2) is 0 Å². The Hall–Kier alpha value is -0.520. The molecule has 2 aliphatic carbocycles. The molecule has 21 atom stereocenters. The normalized spacial score (nSPS) is 38.5. The average Bonchev–Trinajstić information content (AvgIpc) is 1.53. The fraction of sp³-hybridized carbons (Fsp3) is 1.00. The van der Waals surface area contributed by atoms with E-state index in [1.807, 2.05) is 0 Å². The van der Waals surface area contributed by atoms with Gasteiger partial charge in [-0.1, -0.05) is 166 Å². The van der Waals surface area contributed by atoms with E-state index in [9.17, 15) is 0 Å². The molecule has 0 aromatic rings. The van der Waals surface area contributed by atoms with Crippen LogP contribution in [-0.4, -0.2) is 266 Å². The van der Waals surface area contributed by atoms with E-state index >= 15 is 0 Å². The van der Waals surface area contributed by atoms with Crippen molar-refractivity contribution in [1.29, 1.82) is 0 Å². The van der Waals surface area contributed by atoms with Crippen LogP contribution in [0.15, 0.2) is 0 Å². The lowest BCUT2D eigenvalue weighted by molar-refractivity contribution is -0.133. The minimum absolute atomic E-state index is 0.252. The number of piperidine rings is 6. The van der Waals surface area contributed by atoms with Crippen molar-refractivity contribution in [3.05, 3.63) is 0 Å². The number of fused-ring (bicyclic) bond motifs is 19. The first kappa shape index (κ1) is 108. The van der Waals surface area contributed by atoms with Gasteiger partial charge in [-0.3, -0.25) is 19.6 Å². The van der Waals surface area contributed by atoms with E-state index < -0.39 is 0 Å². The van der Waals surface area contributed by atoms with Crippen LogP contribution < -0.4 is 0 Å². The van der Waals surface area contributed by atoms with Crippen LogP contribution in [0.1, 0.15) is 419 Å². The van der Waals surface area contributed by atoms with E-state index in [-0.39, 0.29) is 5.60 Å². The standard InChI is InChI=1S/C14H27NO.C14H27N.C13H25N.C12H23N.C11H22N2.C11H21N.C11H20O.C10H19NO.C10H18O.C9H17N/c1-13(2,3)9-12-10-14(16-11-12)5-7-15(4)8-6-14;1-14(2,3)8-7-13-11-5-6-12(13)10-15(4)9-11;1-13(2,3)9-10-7-11-5-6-12(8-10)14(11)4;1-12(2,3)9-7-10-5-6-11(8-9)13(10)4;1-5-12-7-10-6-9(12)8-13(10)11(2,3)4;1-11(2,3)8-12-7-9-4-5-10(12)6-9;1-11(2,3)8-6-9-4-5-10(7-8)12-9;1-10(2,3)11-6-9-5-4-8(11)7-12-9;1-10(2,3)8-6-7-4-5-9(8)11-7;1-3-7-6-8-4-5-9(7)10(8)2/h12H,5-11H2,1-4H3;11-13H,5-10H2,1-4H3;10-12H,5-9H2,1-4H3;9-11H,5-8H2,1-4H3;9-10H,5-8H2,1-4H3;9-10H,4-8H2,1-3H3;8-10H,4-7H2,1-3H3;8-9H,4-7H2,1-3H3;7-9H,4-6H2,1-3H3;7-9H,3-6H2,1-2H3. The molecule has 13 heteroatoms. The van der Waals surface area contributed by atoms with E-state index in [0.717, 1.165) is 133 Å². The summed E-state index contributed by atoms with van der Waals surface area (Å²) in [7, 11) is 11.5. The van der Waals surface area contributed by atoms with Crippen molar-refractivity contribution < 1.29 is 18.9 Å². The van der Waals surface area contributed by atoms with Gasteiger partial charge in [0.25, 0.3) is 0 Å². The molecule has 18 bridgehead atoms. The van der Waals surface area contributed by atoms with Gasteiger partial charge in [0.1, 0.15) is 0 Å². The second-order valence-corrected chi connectivity index (χ2v) is 57.7. The van der Waals surface area contributed by atoms with E-state index in [1.165, 1.54) is 277 Å². The largest absolute Gasteiger partial charge is 0.375 e. The summed E-state index contributed by atoms with van der Waals surface area (Å²) in [6, 6.07) is 8.89. The number of piperazine rings is 1. The van der Waals surface area contributed by atoms with Crippen molar-refractivity contribution in [2.45, 2.75) is 527 Å². The number of hydrogen-bond acceptors (Lipinski definition) is 13. The quantitative estimate of drug-likeness (QED) is 0.243. The molecule has 0 amide bonds. The second kappa shape index (κ2) is 44.5. The van der Waals surface area contributed by atoms with E-state index in [4.69, 9.17) is 18.9 Å². The molecule has 128 heavy (non-hydrogen) atoms. The maximum atomic E-state index is 6.16. The van der Waals surface area contributed by atoms with Gasteiger partial charge in [-0.2, -0.15) is 0 Å². The highest BCUT2D eigenvalue weighted by molar-refractivity contribution is 5.06. The molecule has 1 spiro atoms. The number of morpholine rings is 1. The van der Waals surface area contributed by atoms with Crippen LogP contribution >= 0.6 is 0 Å². The van der Waals surface area contributed by atoms with Gasteiger partial charge in [0.2, 0.25) is 0 Å². The molecule has 21 rings (SSSR count). The van der Waals surface area contributed by atoms with Crippen LogP contribution in [0, 0.1) is 97.1 Å². The third-order valence-electron chi connectivity index (χ3n) is 37.1. The maximum Gasteiger partial charge on any atom is 0.0710 e. The van der Waals surface area contributed by atoms with Crippen molar-refractivity contribution in [2.24, 2.45) is 97.1 Å². The summed E-state index contributed by atoms with van der Waals surface area (Å²) < 4.78 is 23.5. The number of nitrogens with zero attached hydrogens (tertiary/aromatic N) is 9. The maximum absolute atomic E-state index is 6.16. The summed E-state index contributed by atoms with van der Waals surface area (Å²) in [5.41, 5.74) is 4.43. The number of likely N-dealkylation sites (tertiary alicyclic amines) is 5. The van der Waals surface area contributed by atoms with Gasteiger partial charge in [0.05, 0.1) is 49.3 Å². The first-order valence-electron chi connectivity index (χ1n) is 55.5. The minimum Gasteiger partial charge on any atom is -0.375 e. The van der Waals surface area contributed by atoms with Crippen molar-refractivity contribution >= 4 is 0 Å². The molecule has 2 saturated carbocycles. The number of ether oxygens (including phenoxy) is 4. The molecular weight excluding hydrogens is 1570 g/mol. The minimum atomic E-state index is 0.252. The van der Waals surface area contributed by atoms with Gasteiger partial charge < -0.3 is 43.4 Å². The summed E-state index contributed by atoms with van der Waals surface area (Å²) in [5, 5.41) is 0. The SMILES string of the molecule is CC(C)(C)C1CC2CCC(C1)O2.CC(C)(C)C1CC2CCC1O2.CC(C)(C)CN1CC2CCC1C2.CC(C)(C)N1CC2CCC1CO2.CCC1CC2CCC1N2C.CCN1CC2CC1CN2C(C)(C)C.CN1C2CCC1CC(C(C)(C)C)C2.CN1C2CCC1CC(CC(C)(C)C)C2.CN1CC2CCC(C1)C2CCC(C)(C)C.CN1CCC2(CC1)CC(CC(C)(C)C)CO2. The van der Waals surface area contributed by atoms with E-state index in [2.05, 4.69) is 280 Å².